The molecule has 21 heteroatoms. The Labute approximate surface area is 451 Å². The average molecular weight is 1070 g/mol. The minimum Gasteiger partial charge on any atom is -0.491 e. The van der Waals surface area contributed by atoms with E-state index in [0.717, 1.165) is 68.2 Å². The number of ether oxygens (including phenoxy) is 1. The molecule has 2 aliphatic carbocycles. The minimum absolute atomic E-state index is 0.0555. The van der Waals surface area contributed by atoms with Crippen molar-refractivity contribution in [2.75, 3.05) is 63.1 Å². The Hall–Kier alpha value is -6.58. The highest BCUT2D eigenvalue weighted by Crippen LogP contribution is 2.38. The first-order chi connectivity index (χ1) is 36.9. The summed E-state index contributed by atoms with van der Waals surface area (Å²) in [5, 5.41) is 20.4. The fraction of sp³-hybridized carbons (Fsp3) is 0.554. The Morgan fingerprint density at radius 3 is 2.35 bits per heavy atom. The maximum Gasteiger partial charge on any atom is 0.246 e. The zero-order valence-corrected chi connectivity index (χ0v) is 46.3. The minimum atomic E-state index is -3.86. The molecule has 5 heterocycles. The molecule has 5 N–H and O–H groups in total. The molecule has 2 aliphatic heterocycles. The molecule has 3 aromatic heterocycles. The number of nitrogens with one attached hydrogen (secondary N) is 5. The van der Waals surface area contributed by atoms with E-state index in [9.17, 15) is 27.6 Å². The number of nitrogens with zero attached hydrogens (tertiary/aromatic N) is 8. The molecule has 5 atom stereocenters. The highest BCUT2D eigenvalue weighted by atomic mass is 32.2. The Morgan fingerprint density at radius 1 is 0.909 bits per heavy atom. The average Bonchev–Trinajstić information content (AvgIpc) is 4.01. The summed E-state index contributed by atoms with van der Waals surface area (Å²) in [6.45, 7) is 14.1. The van der Waals surface area contributed by atoms with Crippen LogP contribution >= 0.6 is 0 Å². The van der Waals surface area contributed by atoms with Gasteiger partial charge >= 0.3 is 0 Å². The number of piperazine rings is 1. The van der Waals surface area contributed by atoms with E-state index in [1.54, 1.807) is 64.2 Å². The number of ketones is 1. The third-order valence-corrected chi connectivity index (χ3v) is 18.7. The van der Waals surface area contributed by atoms with Crippen molar-refractivity contribution in [1.29, 1.82) is 0 Å². The molecule has 4 aliphatic rings. The third-order valence-electron chi connectivity index (χ3n) is 16.2. The summed E-state index contributed by atoms with van der Waals surface area (Å²) in [4.78, 5) is 80.9. The van der Waals surface area contributed by atoms with Gasteiger partial charge in [0.25, 0.3) is 0 Å². The van der Waals surface area contributed by atoms with E-state index in [-0.39, 0.29) is 71.6 Å². The molecular weight excluding hydrogens is 999 g/mol. The van der Waals surface area contributed by atoms with Crippen LogP contribution in [0.3, 0.4) is 0 Å². The third kappa shape index (κ3) is 12.3. The summed E-state index contributed by atoms with van der Waals surface area (Å²) in [7, 11) is -2.16. The summed E-state index contributed by atoms with van der Waals surface area (Å²) in [5.74, 6) is 0.422. The van der Waals surface area contributed by atoms with Crippen molar-refractivity contribution in [3.8, 4) is 5.75 Å². The highest BCUT2D eigenvalue weighted by molar-refractivity contribution is 7.92. The van der Waals surface area contributed by atoms with Gasteiger partial charge in [0.2, 0.25) is 23.7 Å². The van der Waals surface area contributed by atoms with E-state index >= 15 is 0 Å². The van der Waals surface area contributed by atoms with E-state index in [1.165, 1.54) is 11.9 Å². The quantitative estimate of drug-likeness (QED) is 0.0638. The van der Waals surface area contributed by atoms with Crippen LogP contribution in [0.2, 0.25) is 0 Å². The number of sulfone groups is 1. The highest BCUT2D eigenvalue weighted by Gasteiger charge is 2.45. The first kappa shape index (κ1) is 55.2. The number of rotatable bonds is 18. The number of amides is 3. The molecule has 3 amide bonds. The molecule has 3 fully saturated rings. The number of fused-ring (bicyclic) bond motifs is 2. The van der Waals surface area contributed by atoms with Crippen LogP contribution in [0.15, 0.2) is 60.0 Å². The fourth-order valence-corrected chi connectivity index (χ4v) is 12.5. The molecule has 77 heavy (non-hydrogen) atoms. The summed E-state index contributed by atoms with van der Waals surface area (Å²) in [6, 6.07) is 9.13. The van der Waals surface area contributed by atoms with Gasteiger partial charge in [-0.05, 0) is 116 Å². The first-order valence-electron chi connectivity index (χ1n) is 27.3. The van der Waals surface area contributed by atoms with Crippen molar-refractivity contribution < 1.29 is 32.3 Å². The zero-order valence-electron chi connectivity index (χ0n) is 45.5. The predicted molar refractivity (Wildman–Crippen MR) is 294 cm³/mol. The molecule has 0 unspecified atom stereocenters. The molecule has 20 nitrogen and oxygen atoms in total. The number of anilines is 3. The number of hydrogen-bond donors (Lipinski definition) is 5. The number of aryl methyl sites for hydroxylation is 2. The monoisotopic (exact) mass is 1070 g/mol. The van der Waals surface area contributed by atoms with Crippen LogP contribution in [-0.2, 0) is 30.6 Å². The van der Waals surface area contributed by atoms with Crippen LogP contribution in [0, 0.1) is 25.7 Å². The number of aromatic amines is 1. The van der Waals surface area contributed by atoms with E-state index in [1.807, 2.05) is 26.0 Å². The van der Waals surface area contributed by atoms with Gasteiger partial charge in [0.15, 0.2) is 21.4 Å². The molecule has 0 bridgehead atoms. The molecule has 0 spiro atoms. The second kappa shape index (κ2) is 23.6. The van der Waals surface area contributed by atoms with Gasteiger partial charge in [0, 0.05) is 80.8 Å². The smallest absolute Gasteiger partial charge is 0.246 e. The lowest BCUT2D eigenvalue weighted by atomic mass is 9.83. The van der Waals surface area contributed by atoms with Crippen LogP contribution in [-0.4, -0.2) is 148 Å². The predicted octanol–water partition coefficient (Wildman–Crippen LogP) is 5.93. The Bertz CT molecular complexity index is 3060. The van der Waals surface area contributed by atoms with Crippen LogP contribution in [0.5, 0.6) is 5.75 Å². The van der Waals surface area contributed by atoms with Crippen molar-refractivity contribution in [2.45, 2.75) is 140 Å². The number of hydrogen-bond acceptors (Lipinski definition) is 16. The molecule has 2 aromatic carbocycles. The summed E-state index contributed by atoms with van der Waals surface area (Å²) < 4.78 is 33.3. The lowest BCUT2D eigenvalue weighted by Gasteiger charge is -2.35. The largest absolute Gasteiger partial charge is 0.491 e. The Morgan fingerprint density at radius 2 is 1.65 bits per heavy atom. The van der Waals surface area contributed by atoms with E-state index in [2.05, 4.69) is 73.3 Å². The molecule has 5 aromatic rings. The Kier molecular flexibility index (Phi) is 16.9. The van der Waals surface area contributed by atoms with Gasteiger partial charge in [-0.15, -0.1) is 0 Å². The molecule has 412 valence electrons. The van der Waals surface area contributed by atoms with E-state index in [4.69, 9.17) is 4.74 Å². The number of benzene rings is 2. The summed E-state index contributed by atoms with van der Waals surface area (Å²) in [5.41, 5.74) is 5.00. The van der Waals surface area contributed by atoms with Crippen LogP contribution in [0.4, 0.5) is 17.6 Å². The van der Waals surface area contributed by atoms with Gasteiger partial charge < -0.3 is 35.8 Å². The number of H-pyrrole nitrogens is 1. The first-order valence-corrected chi connectivity index (χ1v) is 28.8. The molecule has 0 radical (unpaired) electrons. The second-order valence-corrected chi connectivity index (χ2v) is 25.0. The lowest BCUT2D eigenvalue weighted by Crippen LogP contribution is -2.58. The van der Waals surface area contributed by atoms with Crippen molar-refractivity contribution in [3.05, 3.63) is 83.1 Å². The standard InChI is InChI=1S/C56H75N13O7S/c1-34-35(2)65-66-50(34)64-51-42-28-48(77(74,75)56(4,5)6)47(29-44(42)60-33-61-51)76-25-24-67-20-22-68(23-21-67)55-58-30-40(31-59-55)46(70)27-37-26-45(53(72)62-43-19-13-17-38-14-11-12-18-41(38)43)69(32-37)54(73)49(39-15-9-8-10-16-39)63-52(71)36(3)57-7/h11-12,14,18,28-31,33,36-37,39,43,45,49,57H,8-10,13,15-17,19-27,32H2,1-7H3,(H,62,72)(H,63,71)(H2,60,61,64,65,66)/t36-,37+,43+,45-,49-/m0/s1. The summed E-state index contributed by atoms with van der Waals surface area (Å²) in [6.07, 6.45) is 12.2. The molecule has 2 saturated heterocycles. The van der Waals surface area contributed by atoms with Crippen LogP contribution in [0.1, 0.15) is 124 Å². The van der Waals surface area contributed by atoms with Crippen molar-refractivity contribution in [3.63, 3.8) is 0 Å². The zero-order chi connectivity index (χ0) is 54.6. The maximum atomic E-state index is 14.9. The van der Waals surface area contributed by atoms with Gasteiger partial charge in [-0.2, -0.15) is 5.10 Å². The van der Waals surface area contributed by atoms with Gasteiger partial charge in [0.05, 0.1) is 27.9 Å². The van der Waals surface area contributed by atoms with E-state index in [0.29, 0.717) is 73.2 Å². The van der Waals surface area contributed by atoms with Gasteiger partial charge in [-0.25, -0.2) is 28.4 Å². The van der Waals surface area contributed by atoms with E-state index < -0.39 is 32.7 Å². The molecule has 1 saturated carbocycles. The van der Waals surface area contributed by atoms with Gasteiger partial charge in [0.1, 0.15) is 41.5 Å². The van der Waals surface area contributed by atoms with Gasteiger partial charge in [-0.3, -0.25) is 29.2 Å². The molecular formula is C56H75N13O7S. The number of Topliss-reactive ketones (excluding diaryl/α,β-unsaturated/α-hetero) is 1. The van der Waals surface area contributed by atoms with Crippen molar-refractivity contribution in [2.24, 2.45) is 11.8 Å². The van der Waals surface area contributed by atoms with Crippen LogP contribution < -0.4 is 30.9 Å². The fourth-order valence-electron chi connectivity index (χ4n) is 11.2. The van der Waals surface area contributed by atoms with Crippen molar-refractivity contribution in [1.82, 2.24) is 55.9 Å². The normalized spacial score (nSPS) is 20.3. The lowest BCUT2D eigenvalue weighted by molar-refractivity contribution is -0.143. The molecule has 9 rings (SSSR count). The number of aromatic nitrogens is 6. The topological polar surface area (TPSA) is 250 Å². The number of likely N-dealkylation sites (tertiary alicyclic amines) is 1. The SMILES string of the molecule is CN[C@@H](C)C(=O)N[C@H](C(=O)N1C[C@@H](CC(=O)c2cnc(N3CCN(CCOc4cc5ncnc(Nc6n[nH]c(C)c6C)c5cc4S(=O)(=O)C(C)(C)C)CC3)nc2)C[C@H]1C(=O)N[C@@H]1CCCc2ccccc21)C1CCCCC1. The van der Waals surface area contributed by atoms with Crippen molar-refractivity contribution >= 4 is 61.8 Å². The number of likely N-dealkylation sites (N-methyl/N-ethyl adjacent to an activating group) is 1. The second-order valence-electron chi connectivity index (χ2n) is 22.3. The Balaban J connectivity index is 0.829. The maximum absolute atomic E-state index is 14.9. The number of carbonyl (C=O) groups is 4. The summed E-state index contributed by atoms with van der Waals surface area (Å²) >= 11 is 0. The van der Waals surface area contributed by atoms with Crippen LogP contribution in [0.25, 0.3) is 10.9 Å². The number of carbonyl (C=O) groups excluding carboxylic acids is 4. The van der Waals surface area contributed by atoms with Gasteiger partial charge in [-0.1, -0.05) is 43.5 Å².